The molecule has 2 aliphatic rings. The molecule has 3 unspecified atom stereocenters. The van der Waals surface area contributed by atoms with E-state index in [2.05, 4.69) is 22.1 Å². The topological polar surface area (TPSA) is 48.6 Å². The number of furan rings is 1. The van der Waals surface area contributed by atoms with Crippen LogP contribution in [0.1, 0.15) is 23.3 Å². The third-order valence-corrected chi connectivity index (χ3v) is 4.75. The maximum absolute atomic E-state index is 10.5. The molecule has 2 saturated heterocycles. The second-order valence-corrected chi connectivity index (χ2v) is 6.32. The van der Waals surface area contributed by atoms with Gasteiger partial charge >= 0.3 is 0 Å². The zero-order chi connectivity index (χ0) is 15.6. The molecule has 1 aromatic heterocycles. The van der Waals surface area contributed by atoms with Gasteiger partial charge in [0.05, 0.1) is 0 Å². The molecule has 2 aromatic rings. The maximum atomic E-state index is 10.5. The van der Waals surface area contributed by atoms with E-state index in [0.717, 1.165) is 31.7 Å². The molecule has 4 heteroatoms. The molecule has 0 amide bonds. The molecule has 0 radical (unpaired) electrons. The summed E-state index contributed by atoms with van der Waals surface area (Å²) in [6.07, 6.45) is -0.673. The molecule has 4 rings (SSSR count). The fourth-order valence-electron chi connectivity index (χ4n) is 3.49. The van der Waals surface area contributed by atoms with E-state index >= 15 is 0 Å². The standard InChI is InChI=1S/C19H20N2O2/c22-19(21-12-15-10-20-11-16(15)13-21)18-9-8-17(23-18)7-6-14-4-2-1-3-5-14/h1-5,8-9,15-16,19-20,22H,10-13H2. The molecule has 118 valence electrons. The number of rotatable bonds is 2. The van der Waals surface area contributed by atoms with Crippen molar-refractivity contribution in [2.24, 2.45) is 11.8 Å². The Bertz CT molecular complexity index is 717. The number of likely N-dealkylation sites (tertiary alicyclic amines) is 1. The van der Waals surface area contributed by atoms with Crippen LogP contribution in [0.25, 0.3) is 0 Å². The molecule has 4 nitrogen and oxygen atoms in total. The molecule has 0 saturated carbocycles. The van der Waals surface area contributed by atoms with Crippen molar-refractivity contribution in [1.29, 1.82) is 0 Å². The Morgan fingerprint density at radius 3 is 2.52 bits per heavy atom. The second-order valence-electron chi connectivity index (χ2n) is 6.32. The van der Waals surface area contributed by atoms with Crippen molar-refractivity contribution < 1.29 is 9.52 Å². The van der Waals surface area contributed by atoms with Gasteiger partial charge in [0, 0.05) is 18.7 Å². The molecule has 1 aromatic carbocycles. The van der Waals surface area contributed by atoms with E-state index in [1.54, 1.807) is 0 Å². The first kappa shape index (κ1) is 14.5. The van der Waals surface area contributed by atoms with Crippen molar-refractivity contribution in [3.63, 3.8) is 0 Å². The summed E-state index contributed by atoms with van der Waals surface area (Å²) in [5.74, 6) is 8.54. The van der Waals surface area contributed by atoms with Gasteiger partial charge in [0.15, 0.2) is 12.0 Å². The largest absolute Gasteiger partial charge is 0.448 e. The van der Waals surface area contributed by atoms with Crippen molar-refractivity contribution in [3.8, 4) is 11.8 Å². The van der Waals surface area contributed by atoms with E-state index in [1.165, 1.54) is 0 Å². The third-order valence-electron chi connectivity index (χ3n) is 4.75. The Morgan fingerprint density at radius 1 is 1.04 bits per heavy atom. The zero-order valence-corrected chi connectivity index (χ0v) is 12.9. The van der Waals surface area contributed by atoms with E-state index in [4.69, 9.17) is 4.42 Å². The summed E-state index contributed by atoms with van der Waals surface area (Å²) < 4.78 is 5.72. The Labute approximate surface area is 136 Å². The summed E-state index contributed by atoms with van der Waals surface area (Å²) >= 11 is 0. The maximum Gasteiger partial charge on any atom is 0.177 e. The van der Waals surface area contributed by atoms with Gasteiger partial charge in [-0.05, 0) is 55.1 Å². The van der Waals surface area contributed by atoms with Crippen LogP contribution in [0, 0.1) is 23.7 Å². The smallest absolute Gasteiger partial charge is 0.177 e. The first-order chi connectivity index (χ1) is 11.3. The van der Waals surface area contributed by atoms with Gasteiger partial charge in [-0.2, -0.15) is 0 Å². The summed E-state index contributed by atoms with van der Waals surface area (Å²) in [5, 5.41) is 13.9. The van der Waals surface area contributed by atoms with Crippen LogP contribution in [-0.4, -0.2) is 36.2 Å². The summed E-state index contributed by atoms with van der Waals surface area (Å²) in [5.41, 5.74) is 0.950. The van der Waals surface area contributed by atoms with Gasteiger partial charge in [-0.1, -0.05) is 24.1 Å². The average molecular weight is 308 g/mol. The van der Waals surface area contributed by atoms with Gasteiger partial charge in [0.2, 0.25) is 0 Å². The molecule has 2 aliphatic heterocycles. The number of hydrogen-bond acceptors (Lipinski definition) is 4. The minimum Gasteiger partial charge on any atom is -0.448 e. The van der Waals surface area contributed by atoms with Crippen molar-refractivity contribution in [2.45, 2.75) is 6.23 Å². The lowest BCUT2D eigenvalue weighted by Gasteiger charge is -2.21. The molecule has 3 atom stereocenters. The summed E-state index contributed by atoms with van der Waals surface area (Å²) in [6, 6.07) is 13.5. The second kappa shape index (κ2) is 6.21. The van der Waals surface area contributed by atoms with Crippen LogP contribution in [0.5, 0.6) is 0 Å². The van der Waals surface area contributed by atoms with Crippen LogP contribution in [0.3, 0.4) is 0 Å². The minimum atomic E-state index is -0.673. The quantitative estimate of drug-likeness (QED) is 0.831. The van der Waals surface area contributed by atoms with E-state index in [-0.39, 0.29) is 0 Å². The molecule has 23 heavy (non-hydrogen) atoms. The van der Waals surface area contributed by atoms with Crippen LogP contribution >= 0.6 is 0 Å². The normalized spacial score (nSPS) is 24.9. The number of nitrogens with one attached hydrogen (secondary N) is 1. The van der Waals surface area contributed by atoms with E-state index in [0.29, 0.717) is 23.4 Å². The van der Waals surface area contributed by atoms with Crippen molar-refractivity contribution >= 4 is 0 Å². The highest BCUT2D eigenvalue weighted by atomic mass is 16.4. The van der Waals surface area contributed by atoms with E-state index < -0.39 is 6.23 Å². The number of fused-ring (bicyclic) bond motifs is 1. The number of benzene rings is 1. The molecule has 0 spiro atoms. The number of hydrogen-bond donors (Lipinski definition) is 2. The Morgan fingerprint density at radius 2 is 1.78 bits per heavy atom. The lowest BCUT2D eigenvalue weighted by Crippen LogP contribution is -2.29. The Balaban J connectivity index is 1.45. The van der Waals surface area contributed by atoms with Crippen LogP contribution in [0.15, 0.2) is 46.9 Å². The predicted octanol–water partition coefficient (Wildman–Crippen LogP) is 1.82. The molecular formula is C19H20N2O2. The monoisotopic (exact) mass is 308 g/mol. The third kappa shape index (κ3) is 3.04. The average Bonchev–Trinajstić information content (AvgIpc) is 3.28. The first-order valence-corrected chi connectivity index (χ1v) is 8.09. The highest BCUT2D eigenvalue weighted by Gasteiger charge is 2.39. The van der Waals surface area contributed by atoms with E-state index in [1.807, 2.05) is 42.5 Å². The molecule has 2 fully saturated rings. The van der Waals surface area contributed by atoms with Crippen molar-refractivity contribution in [1.82, 2.24) is 10.2 Å². The lowest BCUT2D eigenvalue weighted by atomic mass is 10.0. The molecule has 2 N–H and O–H groups in total. The van der Waals surface area contributed by atoms with Crippen molar-refractivity contribution in [3.05, 3.63) is 59.5 Å². The summed E-state index contributed by atoms with van der Waals surface area (Å²) in [4.78, 5) is 2.10. The molecular weight excluding hydrogens is 288 g/mol. The Hall–Kier alpha value is -2.06. The van der Waals surface area contributed by atoms with Gasteiger partial charge in [-0.15, -0.1) is 0 Å². The highest BCUT2D eigenvalue weighted by Crippen LogP contribution is 2.32. The molecule has 0 bridgehead atoms. The fourth-order valence-corrected chi connectivity index (χ4v) is 3.49. The fraction of sp³-hybridized carbons (Fsp3) is 0.368. The number of aliphatic hydroxyl groups excluding tert-OH is 1. The first-order valence-electron chi connectivity index (χ1n) is 8.09. The Kier molecular flexibility index (Phi) is 3.92. The highest BCUT2D eigenvalue weighted by molar-refractivity contribution is 5.39. The van der Waals surface area contributed by atoms with Crippen LogP contribution < -0.4 is 5.32 Å². The van der Waals surface area contributed by atoms with Gasteiger partial charge < -0.3 is 14.8 Å². The SMILES string of the molecule is OC(c1ccc(C#Cc2ccccc2)o1)N1CC2CNCC2C1. The van der Waals surface area contributed by atoms with Crippen LogP contribution in [-0.2, 0) is 0 Å². The van der Waals surface area contributed by atoms with Crippen LogP contribution in [0.4, 0.5) is 0 Å². The van der Waals surface area contributed by atoms with Gasteiger partial charge in [-0.3, -0.25) is 4.90 Å². The lowest BCUT2D eigenvalue weighted by molar-refractivity contribution is -0.00309. The summed E-state index contributed by atoms with van der Waals surface area (Å²) in [6.45, 7) is 3.95. The molecule has 0 aliphatic carbocycles. The van der Waals surface area contributed by atoms with Gasteiger partial charge in [0.1, 0.15) is 5.76 Å². The number of nitrogens with zero attached hydrogens (tertiary/aromatic N) is 1. The number of aliphatic hydroxyl groups is 1. The van der Waals surface area contributed by atoms with Crippen LogP contribution in [0.2, 0.25) is 0 Å². The molecule has 3 heterocycles. The van der Waals surface area contributed by atoms with Gasteiger partial charge in [0.25, 0.3) is 0 Å². The predicted molar refractivity (Wildman–Crippen MR) is 87.5 cm³/mol. The van der Waals surface area contributed by atoms with E-state index in [9.17, 15) is 5.11 Å². The summed E-state index contributed by atoms with van der Waals surface area (Å²) in [7, 11) is 0. The minimum absolute atomic E-state index is 0.579. The van der Waals surface area contributed by atoms with Crippen molar-refractivity contribution in [2.75, 3.05) is 26.2 Å². The zero-order valence-electron chi connectivity index (χ0n) is 12.9. The van der Waals surface area contributed by atoms with Gasteiger partial charge in [-0.25, -0.2) is 0 Å².